The number of rotatable bonds is 7. The molecule has 0 radical (unpaired) electrons. The van der Waals surface area contributed by atoms with Crippen LogP contribution < -0.4 is 10.1 Å². The molecule has 0 spiro atoms. The Morgan fingerprint density at radius 2 is 1.84 bits per heavy atom. The van der Waals surface area contributed by atoms with Crippen LogP contribution in [0.2, 0.25) is 0 Å². The van der Waals surface area contributed by atoms with Crippen molar-refractivity contribution in [3.8, 4) is 17.0 Å². The maximum Gasteiger partial charge on any atom is 0.250 e. The number of carbonyl (C=O) groups excluding carboxylic acids is 1. The maximum absolute atomic E-state index is 13.1. The second kappa shape index (κ2) is 9.82. The number of hydrogen-bond acceptors (Lipinski definition) is 4. The van der Waals surface area contributed by atoms with Crippen molar-refractivity contribution in [2.24, 2.45) is 0 Å². The summed E-state index contributed by atoms with van der Waals surface area (Å²) in [6.45, 7) is 0.481. The Kier molecular flexibility index (Phi) is 6.50. The predicted molar refractivity (Wildman–Crippen MR) is 122 cm³/mol. The maximum atomic E-state index is 13.1. The van der Waals surface area contributed by atoms with Gasteiger partial charge in [-0.1, -0.05) is 42.5 Å². The molecular formula is C25H19FN2O2S. The minimum absolute atomic E-state index is 0.282. The minimum atomic E-state index is -0.299. The van der Waals surface area contributed by atoms with Crippen molar-refractivity contribution in [1.82, 2.24) is 4.98 Å². The SMILES string of the molecule is O=C(/C=C/c1cccc(OCc2ccccc2)c1)Nc1nc(-c2ccc(F)cc2)cs1. The van der Waals surface area contributed by atoms with Gasteiger partial charge in [0.2, 0.25) is 5.91 Å². The number of aromatic nitrogens is 1. The molecule has 1 amide bonds. The van der Waals surface area contributed by atoms with Crippen LogP contribution in [0.25, 0.3) is 17.3 Å². The first-order valence-corrected chi connectivity index (χ1v) is 10.5. The highest BCUT2D eigenvalue weighted by atomic mass is 32.1. The summed E-state index contributed by atoms with van der Waals surface area (Å²) >= 11 is 1.31. The van der Waals surface area contributed by atoms with Gasteiger partial charge < -0.3 is 4.74 Å². The lowest BCUT2D eigenvalue weighted by Crippen LogP contribution is -2.07. The Balaban J connectivity index is 1.34. The van der Waals surface area contributed by atoms with E-state index in [4.69, 9.17) is 4.74 Å². The summed E-state index contributed by atoms with van der Waals surface area (Å²) in [6.07, 6.45) is 3.18. The molecule has 31 heavy (non-hydrogen) atoms. The fourth-order valence-electron chi connectivity index (χ4n) is 2.85. The van der Waals surface area contributed by atoms with Crippen LogP contribution in [-0.4, -0.2) is 10.9 Å². The molecule has 3 aromatic carbocycles. The Morgan fingerprint density at radius 1 is 1.03 bits per heavy atom. The smallest absolute Gasteiger partial charge is 0.250 e. The molecule has 0 fully saturated rings. The number of thiazole rings is 1. The van der Waals surface area contributed by atoms with E-state index in [2.05, 4.69) is 10.3 Å². The van der Waals surface area contributed by atoms with Crippen molar-refractivity contribution in [2.75, 3.05) is 5.32 Å². The molecule has 4 nitrogen and oxygen atoms in total. The molecule has 0 aliphatic carbocycles. The molecule has 6 heteroatoms. The molecule has 0 aliphatic heterocycles. The van der Waals surface area contributed by atoms with Crippen LogP contribution in [0.1, 0.15) is 11.1 Å². The third kappa shape index (κ3) is 5.87. The highest BCUT2D eigenvalue weighted by Crippen LogP contribution is 2.25. The zero-order valence-corrected chi connectivity index (χ0v) is 17.3. The summed E-state index contributed by atoms with van der Waals surface area (Å²) in [5.41, 5.74) is 3.42. The predicted octanol–water partition coefficient (Wildman–Crippen LogP) is 6.18. The zero-order chi connectivity index (χ0) is 21.5. The Labute approximate surface area is 183 Å². The van der Waals surface area contributed by atoms with Crippen LogP contribution in [-0.2, 0) is 11.4 Å². The van der Waals surface area contributed by atoms with Gasteiger partial charge in [0.25, 0.3) is 0 Å². The van der Waals surface area contributed by atoms with E-state index in [1.807, 2.05) is 60.0 Å². The van der Waals surface area contributed by atoms with Gasteiger partial charge in [0.15, 0.2) is 5.13 Å². The van der Waals surface area contributed by atoms with E-state index in [0.717, 1.165) is 22.4 Å². The van der Waals surface area contributed by atoms with Crippen LogP contribution in [0.5, 0.6) is 5.75 Å². The number of nitrogens with one attached hydrogen (secondary N) is 1. The normalized spacial score (nSPS) is 10.9. The van der Waals surface area contributed by atoms with Gasteiger partial charge in [-0.3, -0.25) is 10.1 Å². The van der Waals surface area contributed by atoms with Crippen molar-refractivity contribution in [2.45, 2.75) is 6.61 Å². The van der Waals surface area contributed by atoms with Crippen LogP contribution >= 0.6 is 11.3 Å². The summed E-state index contributed by atoms with van der Waals surface area (Å²) in [4.78, 5) is 16.6. The first-order valence-electron chi connectivity index (χ1n) is 9.63. The molecule has 1 heterocycles. The molecular weight excluding hydrogens is 411 g/mol. The standard InChI is InChI=1S/C25H19FN2O2S/c26-21-12-10-20(11-13-21)23-17-31-25(27-23)28-24(29)14-9-18-7-4-8-22(15-18)30-16-19-5-2-1-3-6-19/h1-15,17H,16H2,(H,27,28,29)/b14-9+. The number of benzene rings is 3. The first-order chi connectivity index (χ1) is 15.2. The average Bonchev–Trinajstić information content (AvgIpc) is 3.26. The molecule has 4 aromatic rings. The van der Waals surface area contributed by atoms with Gasteiger partial charge in [-0.15, -0.1) is 11.3 Å². The minimum Gasteiger partial charge on any atom is -0.489 e. The number of ether oxygens (including phenoxy) is 1. The number of nitrogens with zero attached hydrogens (tertiary/aromatic N) is 1. The molecule has 1 N–H and O–H groups in total. The number of hydrogen-bond donors (Lipinski definition) is 1. The van der Waals surface area contributed by atoms with Crippen molar-refractivity contribution >= 4 is 28.5 Å². The largest absolute Gasteiger partial charge is 0.489 e. The molecule has 154 valence electrons. The van der Waals surface area contributed by atoms with Crippen molar-refractivity contribution in [1.29, 1.82) is 0 Å². The lowest BCUT2D eigenvalue weighted by molar-refractivity contribution is -0.111. The van der Waals surface area contributed by atoms with E-state index >= 15 is 0 Å². The lowest BCUT2D eigenvalue weighted by atomic mass is 10.2. The van der Waals surface area contributed by atoms with Gasteiger partial charge in [0, 0.05) is 17.0 Å². The second-order valence-electron chi connectivity index (χ2n) is 6.71. The highest BCUT2D eigenvalue weighted by Gasteiger charge is 2.07. The average molecular weight is 431 g/mol. The summed E-state index contributed by atoms with van der Waals surface area (Å²) in [5.74, 6) is 0.151. The highest BCUT2D eigenvalue weighted by molar-refractivity contribution is 7.14. The molecule has 0 bridgehead atoms. The van der Waals surface area contributed by atoms with Crippen LogP contribution in [0.4, 0.5) is 9.52 Å². The summed E-state index contributed by atoms with van der Waals surface area (Å²) in [5, 5.41) is 5.05. The van der Waals surface area contributed by atoms with E-state index in [9.17, 15) is 9.18 Å². The first kappa shape index (κ1) is 20.5. The second-order valence-corrected chi connectivity index (χ2v) is 7.57. The van der Waals surface area contributed by atoms with Gasteiger partial charge in [-0.2, -0.15) is 0 Å². The topological polar surface area (TPSA) is 51.2 Å². The van der Waals surface area contributed by atoms with Gasteiger partial charge in [0.05, 0.1) is 5.69 Å². The Hall–Kier alpha value is -3.77. The number of halogens is 1. The molecule has 1 aromatic heterocycles. The Morgan fingerprint density at radius 3 is 2.65 bits per heavy atom. The fourth-order valence-corrected chi connectivity index (χ4v) is 3.57. The molecule has 0 saturated heterocycles. The monoisotopic (exact) mass is 430 g/mol. The van der Waals surface area contributed by atoms with Gasteiger partial charge >= 0.3 is 0 Å². The number of amides is 1. The van der Waals surface area contributed by atoms with E-state index in [-0.39, 0.29) is 11.7 Å². The van der Waals surface area contributed by atoms with Crippen LogP contribution in [0.15, 0.2) is 90.3 Å². The third-order valence-corrected chi connectivity index (χ3v) is 5.17. The van der Waals surface area contributed by atoms with Crippen LogP contribution in [0, 0.1) is 5.82 Å². The third-order valence-electron chi connectivity index (χ3n) is 4.41. The summed E-state index contributed by atoms with van der Waals surface area (Å²) < 4.78 is 18.9. The van der Waals surface area contributed by atoms with Gasteiger partial charge in [0.1, 0.15) is 18.2 Å². The Bertz CT molecular complexity index is 1190. The lowest BCUT2D eigenvalue weighted by Gasteiger charge is -2.06. The number of carbonyl (C=O) groups is 1. The molecule has 0 saturated carbocycles. The van der Waals surface area contributed by atoms with Crippen molar-refractivity contribution in [3.63, 3.8) is 0 Å². The van der Waals surface area contributed by atoms with E-state index in [1.54, 1.807) is 18.2 Å². The molecule has 4 rings (SSSR count). The van der Waals surface area contributed by atoms with Crippen molar-refractivity contribution < 1.29 is 13.9 Å². The molecule has 0 aliphatic rings. The molecule has 0 unspecified atom stereocenters. The van der Waals surface area contributed by atoms with Gasteiger partial charge in [-0.25, -0.2) is 9.37 Å². The molecule has 0 atom stereocenters. The van der Waals surface area contributed by atoms with Crippen molar-refractivity contribution in [3.05, 3.63) is 107 Å². The van der Waals surface area contributed by atoms with Gasteiger partial charge in [-0.05, 0) is 53.6 Å². The zero-order valence-electron chi connectivity index (χ0n) is 16.5. The van der Waals surface area contributed by atoms with E-state index < -0.39 is 0 Å². The summed E-state index contributed by atoms with van der Waals surface area (Å²) in [7, 11) is 0. The summed E-state index contributed by atoms with van der Waals surface area (Å²) in [6, 6.07) is 23.5. The van der Waals surface area contributed by atoms with E-state index in [0.29, 0.717) is 17.4 Å². The number of anilines is 1. The van der Waals surface area contributed by atoms with Crippen LogP contribution in [0.3, 0.4) is 0 Å². The fraction of sp³-hybridized carbons (Fsp3) is 0.0400. The quantitative estimate of drug-likeness (QED) is 0.356. The van der Waals surface area contributed by atoms with E-state index in [1.165, 1.54) is 29.5 Å².